The van der Waals surface area contributed by atoms with E-state index in [1.807, 2.05) is 48.5 Å². The van der Waals surface area contributed by atoms with Crippen LogP contribution in [-0.2, 0) is 5.41 Å². The smallest absolute Gasteiger partial charge is 0.124 e. The molecule has 0 atom stereocenters. The number of aromatic hydroxyl groups is 1. The van der Waals surface area contributed by atoms with Crippen LogP contribution >= 0.6 is 0 Å². The summed E-state index contributed by atoms with van der Waals surface area (Å²) in [4.78, 5) is 4.90. The van der Waals surface area contributed by atoms with Crippen molar-refractivity contribution in [2.75, 3.05) is 5.32 Å². The average Bonchev–Trinajstić information content (AvgIpc) is 2.87. The van der Waals surface area contributed by atoms with Gasteiger partial charge in [0.05, 0.1) is 22.8 Å². The zero-order chi connectivity index (χ0) is 19.7. The number of hydrogen-bond acceptors (Lipinski definition) is 3. The van der Waals surface area contributed by atoms with Gasteiger partial charge in [-0.15, -0.1) is 0 Å². The fourth-order valence-corrected chi connectivity index (χ4v) is 3.29. The van der Waals surface area contributed by atoms with Crippen molar-refractivity contribution >= 4 is 22.8 Å². The fraction of sp³-hybridized carbons (Fsp3) is 0.160. The third-order valence-electron chi connectivity index (χ3n) is 4.94. The van der Waals surface area contributed by atoms with Crippen LogP contribution < -0.4 is 5.32 Å². The third-order valence-corrected chi connectivity index (χ3v) is 4.94. The summed E-state index contributed by atoms with van der Waals surface area (Å²) < 4.78 is 0. The van der Waals surface area contributed by atoms with Crippen molar-refractivity contribution in [1.29, 1.82) is 0 Å². The molecule has 2 N–H and O–H groups in total. The highest BCUT2D eigenvalue weighted by atomic mass is 16.3. The lowest BCUT2D eigenvalue weighted by atomic mass is 9.86. The monoisotopic (exact) mass is 368 g/mol. The molecule has 1 aliphatic heterocycles. The molecule has 0 spiro atoms. The van der Waals surface area contributed by atoms with Crippen molar-refractivity contribution in [3.05, 3.63) is 95.6 Å². The van der Waals surface area contributed by atoms with Crippen LogP contribution in [0.3, 0.4) is 0 Å². The molecule has 0 saturated heterocycles. The molecule has 4 rings (SSSR count). The van der Waals surface area contributed by atoms with Crippen molar-refractivity contribution in [2.45, 2.75) is 26.2 Å². The number of hydrogen-bond donors (Lipinski definition) is 2. The Morgan fingerprint density at radius 3 is 2.21 bits per heavy atom. The molecule has 0 amide bonds. The number of aliphatic imine (C=N–C) groups is 1. The summed E-state index contributed by atoms with van der Waals surface area (Å²) in [6.07, 6.45) is 2.00. The summed E-state index contributed by atoms with van der Waals surface area (Å²) in [6, 6.07) is 23.9. The van der Waals surface area contributed by atoms with E-state index in [1.54, 1.807) is 6.07 Å². The molecule has 0 bridgehead atoms. The average molecular weight is 368 g/mol. The molecular weight excluding hydrogens is 344 g/mol. The second kappa shape index (κ2) is 7.01. The standard InChI is InChI=1S/C25H24N2O/c1-25(2,3)18-14-12-17(13-15-18)22-16-23(19-8-4-7-11-24(19)28)27-21-10-6-5-9-20(21)26-22/h4-16,27-28H,1-3H3. The Morgan fingerprint density at radius 1 is 0.821 bits per heavy atom. The van der Waals surface area contributed by atoms with Crippen LogP contribution in [0.1, 0.15) is 37.5 Å². The number of rotatable bonds is 2. The molecule has 0 saturated carbocycles. The van der Waals surface area contributed by atoms with Crippen LogP contribution in [0.5, 0.6) is 5.75 Å². The molecule has 1 aliphatic rings. The van der Waals surface area contributed by atoms with E-state index in [2.05, 4.69) is 50.4 Å². The molecule has 0 aromatic heterocycles. The number of benzene rings is 3. The summed E-state index contributed by atoms with van der Waals surface area (Å²) in [5, 5.41) is 13.8. The maximum Gasteiger partial charge on any atom is 0.124 e. The van der Waals surface area contributed by atoms with Gasteiger partial charge in [-0.2, -0.15) is 0 Å². The number of phenolic OH excluding ortho intramolecular Hbond substituents is 1. The van der Waals surface area contributed by atoms with E-state index in [1.165, 1.54) is 5.56 Å². The van der Waals surface area contributed by atoms with Crippen molar-refractivity contribution < 1.29 is 5.11 Å². The predicted octanol–water partition coefficient (Wildman–Crippen LogP) is 6.28. The minimum Gasteiger partial charge on any atom is -0.507 e. The summed E-state index contributed by atoms with van der Waals surface area (Å²) >= 11 is 0. The molecule has 0 unspecified atom stereocenters. The van der Waals surface area contributed by atoms with Gasteiger partial charge in [0.2, 0.25) is 0 Å². The SMILES string of the molecule is CC(C)(C)c1ccc(C2=Nc3ccccc3NC(c3ccccc3O)=C2)cc1. The van der Waals surface area contributed by atoms with Crippen LogP contribution in [0.25, 0.3) is 5.70 Å². The Morgan fingerprint density at radius 2 is 1.50 bits per heavy atom. The second-order valence-electron chi connectivity index (χ2n) is 8.04. The molecule has 1 heterocycles. The lowest BCUT2D eigenvalue weighted by Gasteiger charge is -2.19. The lowest BCUT2D eigenvalue weighted by molar-refractivity contribution is 0.473. The Hall–Kier alpha value is -3.33. The van der Waals surface area contributed by atoms with Gasteiger partial charge in [-0.05, 0) is 41.3 Å². The molecule has 0 fully saturated rings. The van der Waals surface area contributed by atoms with Crippen LogP contribution in [0, 0.1) is 0 Å². The number of fused-ring (bicyclic) bond motifs is 1. The fourth-order valence-electron chi connectivity index (χ4n) is 3.29. The summed E-state index contributed by atoms with van der Waals surface area (Å²) in [5.41, 5.74) is 6.65. The van der Waals surface area contributed by atoms with Crippen molar-refractivity contribution in [2.24, 2.45) is 4.99 Å². The zero-order valence-corrected chi connectivity index (χ0v) is 16.4. The predicted molar refractivity (Wildman–Crippen MR) is 117 cm³/mol. The quantitative estimate of drug-likeness (QED) is 0.559. The van der Waals surface area contributed by atoms with Crippen molar-refractivity contribution in [1.82, 2.24) is 0 Å². The molecule has 0 aliphatic carbocycles. The van der Waals surface area contributed by atoms with E-state index < -0.39 is 0 Å². The molecule has 0 radical (unpaired) electrons. The van der Waals surface area contributed by atoms with Gasteiger partial charge >= 0.3 is 0 Å². The highest BCUT2D eigenvalue weighted by Gasteiger charge is 2.17. The van der Waals surface area contributed by atoms with E-state index in [0.29, 0.717) is 0 Å². The molecule has 28 heavy (non-hydrogen) atoms. The van der Waals surface area contributed by atoms with Gasteiger partial charge in [-0.3, -0.25) is 0 Å². The first-order chi connectivity index (χ1) is 13.4. The van der Waals surface area contributed by atoms with Gasteiger partial charge in [-0.25, -0.2) is 4.99 Å². The van der Waals surface area contributed by atoms with E-state index in [4.69, 9.17) is 4.99 Å². The van der Waals surface area contributed by atoms with Crippen LogP contribution in [-0.4, -0.2) is 10.8 Å². The molecular formula is C25H24N2O. The van der Waals surface area contributed by atoms with E-state index in [9.17, 15) is 5.11 Å². The Bertz CT molecular complexity index is 1070. The minimum absolute atomic E-state index is 0.106. The number of allylic oxidation sites excluding steroid dienone is 1. The number of anilines is 1. The highest BCUT2D eigenvalue weighted by Crippen LogP contribution is 2.34. The summed E-state index contributed by atoms with van der Waals surface area (Å²) in [7, 11) is 0. The maximum absolute atomic E-state index is 10.4. The van der Waals surface area contributed by atoms with Gasteiger partial charge in [-0.1, -0.05) is 69.3 Å². The first kappa shape index (κ1) is 18.1. The van der Waals surface area contributed by atoms with E-state index >= 15 is 0 Å². The summed E-state index contributed by atoms with van der Waals surface area (Å²) in [5.74, 6) is 0.239. The molecule has 140 valence electrons. The number of phenols is 1. The van der Waals surface area contributed by atoms with Crippen LogP contribution in [0.2, 0.25) is 0 Å². The Labute approximate surface area is 166 Å². The van der Waals surface area contributed by atoms with E-state index in [-0.39, 0.29) is 11.2 Å². The van der Waals surface area contributed by atoms with Crippen LogP contribution in [0.15, 0.2) is 83.9 Å². The van der Waals surface area contributed by atoms with Crippen molar-refractivity contribution in [3.63, 3.8) is 0 Å². The molecule has 3 heteroatoms. The first-order valence-corrected chi connectivity index (χ1v) is 9.47. The molecule has 3 aromatic rings. The first-order valence-electron chi connectivity index (χ1n) is 9.47. The van der Waals surface area contributed by atoms with Gasteiger partial charge in [0.25, 0.3) is 0 Å². The number of para-hydroxylation sites is 3. The van der Waals surface area contributed by atoms with Gasteiger partial charge < -0.3 is 10.4 Å². The van der Waals surface area contributed by atoms with Crippen LogP contribution in [0.4, 0.5) is 11.4 Å². The largest absolute Gasteiger partial charge is 0.507 e. The van der Waals surface area contributed by atoms with Crippen molar-refractivity contribution in [3.8, 4) is 5.75 Å². The normalized spacial score (nSPS) is 13.7. The molecule has 3 nitrogen and oxygen atoms in total. The van der Waals surface area contributed by atoms with Gasteiger partial charge in [0.15, 0.2) is 0 Å². The third kappa shape index (κ3) is 3.56. The Kier molecular flexibility index (Phi) is 4.52. The zero-order valence-electron chi connectivity index (χ0n) is 16.4. The van der Waals surface area contributed by atoms with Gasteiger partial charge in [0, 0.05) is 11.1 Å². The van der Waals surface area contributed by atoms with E-state index in [0.717, 1.165) is 33.9 Å². The summed E-state index contributed by atoms with van der Waals surface area (Å²) in [6.45, 7) is 6.63. The number of nitrogens with one attached hydrogen (secondary N) is 1. The lowest BCUT2D eigenvalue weighted by Crippen LogP contribution is -2.11. The molecule has 3 aromatic carbocycles. The maximum atomic E-state index is 10.4. The topological polar surface area (TPSA) is 44.6 Å². The second-order valence-corrected chi connectivity index (χ2v) is 8.04. The minimum atomic E-state index is 0.106. The highest BCUT2D eigenvalue weighted by molar-refractivity contribution is 6.16. The number of nitrogens with zero attached hydrogens (tertiary/aromatic N) is 1. The Balaban J connectivity index is 1.84. The van der Waals surface area contributed by atoms with Gasteiger partial charge in [0.1, 0.15) is 5.75 Å².